The zero-order chi connectivity index (χ0) is 29.2. The van der Waals surface area contributed by atoms with Crippen LogP contribution in [0.2, 0.25) is 5.02 Å². The number of rotatable bonds is 10. The van der Waals surface area contributed by atoms with E-state index >= 15 is 0 Å². The third-order valence-corrected chi connectivity index (χ3v) is 6.95. The van der Waals surface area contributed by atoms with Gasteiger partial charge in [0.2, 0.25) is 5.91 Å². The second-order valence-corrected chi connectivity index (χ2v) is 10.4. The molecule has 41 heavy (non-hydrogen) atoms. The smallest absolute Gasteiger partial charge is 0.272 e. The van der Waals surface area contributed by atoms with Crippen LogP contribution in [0.4, 0.5) is 11.4 Å². The molecule has 206 valence electrons. The van der Waals surface area contributed by atoms with Gasteiger partial charge in [-0.3, -0.25) is 19.2 Å². The monoisotopic (exact) mass is 583 g/mol. The maximum absolute atomic E-state index is 13.3. The Morgan fingerprint density at radius 3 is 2.20 bits per heavy atom. The van der Waals surface area contributed by atoms with Gasteiger partial charge in [0.05, 0.1) is 5.75 Å². The van der Waals surface area contributed by atoms with Gasteiger partial charge in [0.15, 0.2) is 5.78 Å². The molecular weight excluding hydrogens is 558 g/mol. The molecule has 3 N–H and O–H groups in total. The minimum atomic E-state index is -0.525. The maximum atomic E-state index is 13.3. The lowest BCUT2D eigenvalue weighted by Gasteiger charge is -2.12. The Bertz CT molecular complexity index is 1610. The number of anilines is 2. The number of Topliss-reactive ketones (excluding diaryl/α,β-unsaturated/α-hetero) is 1. The highest BCUT2D eigenvalue weighted by Crippen LogP contribution is 2.23. The van der Waals surface area contributed by atoms with Gasteiger partial charge in [-0.25, -0.2) is 0 Å². The highest BCUT2D eigenvalue weighted by molar-refractivity contribution is 8.00. The average molecular weight is 584 g/mol. The molecule has 0 saturated carbocycles. The number of benzene rings is 4. The fourth-order valence-corrected chi connectivity index (χ4v) is 4.66. The Morgan fingerprint density at radius 1 is 0.756 bits per heavy atom. The summed E-state index contributed by atoms with van der Waals surface area (Å²) >= 11 is 7.41. The Kier molecular flexibility index (Phi) is 10.1. The van der Waals surface area contributed by atoms with E-state index in [9.17, 15) is 19.2 Å². The van der Waals surface area contributed by atoms with Gasteiger partial charge in [0.1, 0.15) is 5.70 Å². The van der Waals surface area contributed by atoms with E-state index in [-0.39, 0.29) is 23.1 Å². The molecule has 0 aliphatic carbocycles. The third-order valence-electron chi connectivity index (χ3n) is 5.73. The van der Waals surface area contributed by atoms with Gasteiger partial charge < -0.3 is 16.0 Å². The van der Waals surface area contributed by atoms with Gasteiger partial charge >= 0.3 is 0 Å². The van der Waals surface area contributed by atoms with Crippen LogP contribution >= 0.6 is 23.4 Å². The molecule has 9 heteroatoms. The second kappa shape index (κ2) is 14.1. The van der Waals surface area contributed by atoms with E-state index in [0.717, 1.165) is 4.90 Å². The predicted molar refractivity (Wildman–Crippen MR) is 164 cm³/mol. The minimum Gasteiger partial charge on any atom is -0.325 e. The first kappa shape index (κ1) is 29.3. The summed E-state index contributed by atoms with van der Waals surface area (Å²) < 4.78 is 0. The van der Waals surface area contributed by atoms with Crippen LogP contribution in [0.1, 0.15) is 33.2 Å². The fourth-order valence-electron chi connectivity index (χ4n) is 3.70. The van der Waals surface area contributed by atoms with E-state index in [0.29, 0.717) is 33.1 Å². The molecule has 4 rings (SSSR count). The Hall–Kier alpha value is -4.66. The summed E-state index contributed by atoms with van der Waals surface area (Å²) in [7, 11) is 0. The molecule has 3 amide bonds. The molecule has 0 fully saturated rings. The quantitative estimate of drug-likeness (QED) is 0.110. The lowest BCUT2D eigenvalue weighted by molar-refractivity contribution is -0.114. The molecule has 0 aromatic heterocycles. The van der Waals surface area contributed by atoms with Gasteiger partial charge in [0.25, 0.3) is 11.8 Å². The molecule has 0 aliphatic heterocycles. The zero-order valence-corrected chi connectivity index (χ0v) is 23.6. The Morgan fingerprint density at radius 2 is 1.49 bits per heavy atom. The van der Waals surface area contributed by atoms with Gasteiger partial charge in [0, 0.05) is 32.4 Å². The van der Waals surface area contributed by atoms with E-state index < -0.39 is 11.8 Å². The van der Waals surface area contributed by atoms with Crippen LogP contribution in [0.25, 0.3) is 6.08 Å². The number of carbonyl (C=O) groups excluding carboxylic acids is 4. The van der Waals surface area contributed by atoms with Crippen molar-refractivity contribution in [2.24, 2.45) is 0 Å². The van der Waals surface area contributed by atoms with Crippen molar-refractivity contribution in [3.8, 4) is 0 Å². The summed E-state index contributed by atoms with van der Waals surface area (Å²) in [5, 5.41) is 8.81. The predicted octanol–water partition coefficient (Wildman–Crippen LogP) is 6.68. The van der Waals surface area contributed by atoms with Crippen molar-refractivity contribution in [2.75, 3.05) is 16.4 Å². The van der Waals surface area contributed by atoms with Crippen molar-refractivity contribution < 1.29 is 19.2 Å². The van der Waals surface area contributed by atoms with Crippen molar-refractivity contribution in [1.82, 2.24) is 5.32 Å². The summed E-state index contributed by atoms with van der Waals surface area (Å²) in [5.74, 6) is -1.08. The standard InChI is InChI=1S/C32H26ClN3O4S/c1-21(37)23-13-15-26(16-14-23)34-30(38)20-41-28-12-6-11-27(19-28)35-32(40)29(18-22-7-5-10-25(33)17-22)36-31(39)24-8-3-2-4-9-24/h2-19H,20H2,1H3,(H,34,38)(H,35,40)(H,36,39)/b29-18-. The van der Waals surface area contributed by atoms with Crippen LogP contribution in [0.3, 0.4) is 0 Å². The highest BCUT2D eigenvalue weighted by atomic mass is 35.5. The summed E-state index contributed by atoms with van der Waals surface area (Å²) in [6.45, 7) is 1.48. The molecule has 0 spiro atoms. The number of carbonyl (C=O) groups is 4. The number of hydrogen-bond acceptors (Lipinski definition) is 5. The van der Waals surface area contributed by atoms with E-state index in [1.54, 1.807) is 103 Å². The molecule has 7 nitrogen and oxygen atoms in total. The van der Waals surface area contributed by atoms with E-state index in [2.05, 4.69) is 16.0 Å². The second-order valence-electron chi connectivity index (χ2n) is 8.89. The normalized spacial score (nSPS) is 10.9. The lowest BCUT2D eigenvalue weighted by Crippen LogP contribution is -2.30. The minimum absolute atomic E-state index is 0.0364. The van der Waals surface area contributed by atoms with Crippen LogP contribution in [0.15, 0.2) is 114 Å². The first-order valence-electron chi connectivity index (χ1n) is 12.6. The van der Waals surface area contributed by atoms with Gasteiger partial charge in [-0.15, -0.1) is 11.8 Å². The fraction of sp³-hybridized carbons (Fsp3) is 0.0625. The molecule has 4 aromatic rings. The number of nitrogens with one attached hydrogen (secondary N) is 3. The molecule has 4 aromatic carbocycles. The SMILES string of the molecule is CC(=O)c1ccc(NC(=O)CSc2cccc(NC(=O)/C(=C/c3cccc(Cl)c3)NC(=O)c3ccccc3)c2)cc1. The topological polar surface area (TPSA) is 104 Å². The average Bonchev–Trinajstić information content (AvgIpc) is 2.96. The number of thioether (sulfide) groups is 1. The Balaban J connectivity index is 1.42. The number of ketones is 1. The van der Waals surface area contributed by atoms with Crippen molar-refractivity contribution in [2.45, 2.75) is 11.8 Å². The van der Waals surface area contributed by atoms with E-state index in [4.69, 9.17) is 11.6 Å². The van der Waals surface area contributed by atoms with Gasteiger partial charge in [-0.1, -0.05) is 48.0 Å². The van der Waals surface area contributed by atoms with Crippen LogP contribution < -0.4 is 16.0 Å². The third kappa shape index (κ3) is 8.93. The molecule has 0 atom stereocenters. The summed E-state index contributed by atoms with van der Waals surface area (Å²) in [6, 6.07) is 29.2. The summed E-state index contributed by atoms with van der Waals surface area (Å²) in [6.07, 6.45) is 1.55. The maximum Gasteiger partial charge on any atom is 0.272 e. The van der Waals surface area contributed by atoms with Crippen LogP contribution in [-0.2, 0) is 9.59 Å². The number of amides is 3. The molecule has 0 radical (unpaired) electrons. The Labute approximate surface area is 247 Å². The largest absolute Gasteiger partial charge is 0.325 e. The first-order valence-corrected chi connectivity index (χ1v) is 13.9. The number of hydrogen-bond donors (Lipinski definition) is 3. The van der Waals surface area contributed by atoms with Gasteiger partial charge in [-0.2, -0.15) is 0 Å². The van der Waals surface area contributed by atoms with Crippen molar-refractivity contribution in [3.05, 3.63) is 131 Å². The molecule has 0 heterocycles. The number of halogens is 1. The van der Waals surface area contributed by atoms with Crippen molar-refractivity contribution in [3.63, 3.8) is 0 Å². The molecular formula is C32H26ClN3O4S. The lowest BCUT2D eigenvalue weighted by atomic mass is 10.1. The van der Waals surface area contributed by atoms with E-state index in [1.807, 2.05) is 6.07 Å². The zero-order valence-electron chi connectivity index (χ0n) is 22.0. The van der Waals surface area contributed by atoms with Crippen molar-refractivity contribution >= 4 is 64.3 Å². The molecule has 0 saturated heterocycles. The first-order chi connectivity index (χ1) is 19.8. The molecule has 0 bridgehead atoms. The van der Waals surface area contributed by atoms with E-state index in [1.165, 1.54) is 18.7 Å². The summed E-state index contributed by atoms with van der Waals surface area (Å²) in [4.78, 5) is 50.8. The van der Waals surface area contributed by atoms with Crippen molar-refractivity contribution in [1.29, 1.82) is 0 Å². The highest BCUT2D eigenvalue weighted by Gasteiger charge is 2.16. The summed E-state index contributed by atoms with van der Waals surface area (Å²) in [5.41, 5.74) is 2.74. The molecule has 0 unspecified atom stereocenters. The molecule has 0 aliphatic rings. The van der Waals surface area contributed by atoms with Gasteiger partial charge in [-0.05, 0) is 85.3 Å². The van der Waals surface area contributed by atoms with Crippen LogP contribution in [0.5, 0.6) is 0 Å². The van der Waals surface area contributed by atoms with Crippen LogP contribution in [0, 0.1) is 0 Å². The van der Waals surface area contributed by atoms with Crippen LogP contribution in [-0.4, -0.2) is 29.3 Å².